The van der Waals surface area contributed by atoms with Crippen LogP contribution in [-0.4, -0.2) is 17.7 Å². The van der Waals surface area contributed by atoms with Crippen molar-refractivity contribution in [3.63, 3.8) is 0 Å². The van der Waals surface area contributed by atoms with E-state index in [9.17, 15) is 10.1 Å². The molecule has 0 unspecified atom stereocenters. The van der Waals surface area contributed by atoms with Crippen LogP contribution in [0.2, 0.25) is 10.0 Å². The number of hydrogen-bond acceptors (Lipinski definition) is 6. The largest absolute Gasteiger partial charge is 0.490 e. The van der Waals surface area contributed by atoms with Gasteiger partial charge < -0.3 is 14.8 Å². The first kappa shape index (κ1) is 26.1. The van der Waals surface area contributed by atoms with E-state index in [4.69, 9.17) is 32.7 Å². The second-order valence-electron chi connectivity index (χ2n) is 7.37. The van der Waals surface area contributed by atoms with Crippen molar-refractivity contribution in [1.29, 1.82) is 5.26 Å². The first-order valence-electron chi connectivity index (χ1n) is 10.7. The van der Waals surface area contributed by atoms with E-state index in [-0.39, 0.29) is 12.5 Å². The van der Waals surface area contributed by atoms with Gasteiger partial charge in [-0.25, -0.2) is 4.99 Å². The Morgan fingerprint density at radius 1 is 1.14 bits per heavy atom. The number of nitrogens with one attached hydrogen (secondary N) is 1. The van der Waals surface area contributed by atoms with Gasteiger partial charge in [0.25, 0.3) is 5.91 Å². The van der Waals surface area contributed by atoms with Gasteiger partial charge in [0, 0.05) is 10.0 Å². The molecule has 6 nitrogen and oxygen atoms in total. The van der Waals surface area contributed by atoms with E-state index >= 15 is 0 Å². The fraction of sp³-hybridized carbons (Fsp3) is 0.115. The third-order valence-corrected chi connectivity index (χ3v) is 7.38. The number of amides is 1. The standard InChI is InChI=1S/C26H18BrCl2N3O3S/c1-2-34-21-10-17(18(27)12-22(21)35-14-16-7-4-3-6-15(16)13-30)11-23-25(33)32-26(36-23)31-20-9-5-8-19(28)24(20)29/h3-12H,2,14H2,1H3,(H,31,32,33)/b23-11+. The van der Waals surface area contributed by atoms with Crippen molar-refractivity contribution in [1.82, 2.24) is 5.32 Å². The molecule has 1 aliphatic heterocycles. The van der Waals surface area contributed by atoms with E-state index in [0.717, 1.165) is 11.1 Å². The summed E-state index contributed by atoms with van der Waals surface area (Å²) in [6, 6.07) is 18.1. The molecule has 1 N–H and O–H groups in total. The molecular formula is C26H18BrCl2N3O3S. The van der Waals surface area contributed by atoms with Crippen LogP contribution >= 0.6 is 50.9 Å². The van der Waals surface area contributed by atoms with Gasteiger partial charge in [0.2, 0.25) is 0 Å². The second-order valence-corrected chi connectivity index (χ2v) is 10.0. The van der Waals surface area contributed by atoms with Gasteiger partial charge in [-0.2, -0.15) is 5.26 Å². The highest BCUT2D eigenvalue weighted by Crippen LogP contribution is 2.38. The second kappa shape index (κ2) is 11.8. The Labute approximate surface area is 231 Å². The minimum absolute atomic E-state index is 0.209. The van der Waals surface area contributed by atoms with Gasteiger partial charge in [-0.05, 0) is 60.7 Å². The molecule has 0 aliphatic carbocycles. The zero-order valence-corrected chi connectivity index (χ0v) is 22.8. The van der Waals surface area contributed by atoms with E-state index in [1.807, 2.05) is 25.1 Å². The van der Waals surface area contributed by atoms with Gasteiger partial charge in [-0.15, -0.1) is 0 Å². The van der Waals surface area contributed by atoms with Gasteiger partial charge in [-0.1, -0.05) is 63.4 Å². The zero-order chi connectivity index (χ0) is 25.7. The van der Waals surface area contributed by atoms with Crippen molar-refractivity contribution in [2.75, 3.05) is 6.61 Å². The number of rotatable bonds is 7. The van der Waals surface area contributed by atoms with Crippen molar-refractivity contribution >= 4 is 73.7 Å². The quantitative estimate of drug-likeness (QED) is 0.283. The Morgan fingerprint density at radius 2 is 1.92 bits per heavy atom. The number of aliphatic imine (C=N–C) groups is 1. The van der Waals surface area contributed by atoms with Crippen molar-refractivity contribution < 1.29 is 14.3 Å². The Morgan fingerprint density at radius 3 is 2.69 bits per heavy atom. The Balaban J connectivity index is 1.59. The Hall–Kier alpha value is -2.96. The molecule has 1 heterocycles. The molecule has 10 heteroatoms. The predicted molar refractivity (Wildman–Crippen MR) is 148 cm³/mol. The average molecular weight is 603 g/mol. The van der Waals surface area contributed by atoms with Crippen LogP contribution in [0.3, 0.4) is 0 Å². The number of nitriles is 1. The molecule has 182 valence electrons. The summed E-state index contributed by atoms with van der Waals surface area (Å²) < 4.78 is 12.5. The van der Waals surface area contributed by atoms with E-state index < -0.39 is 0 Å². The molecular weight excluding hydrogens is 585 g/mol. The highest BCUT2D eigenvalue weighted by Gasteiger charge is 2.25. The SMILES string of the molecule is CCOc1cc(/C=C2/SC(=Nc3cccc(Cl)c3Cl)NC2=O)c(Br)cc1OCc1ccccc1C#N. The number of thioether (sulfide) groups is 1. The first-order valence-corrected chi connectivity index (χ1v) is 13.1. The summed E-state index contributed by atoms with van der Waals surface area (Å²) in [7, 11) is 0. The lowest BCUT2D eigenvalue weighted by Crippen LogP contribution is -2.19. The molecule has 1 amide bonds. The van der Waals surface area contributed by atoms with Crippen LogP contribution in [0.15, 0.2) is 69.0 Å². The van der Waals surface area contributed by atoms with Crippen LogP contribution in [-0.2, 0) is 11.4 Å². The molecule has 36 heavy (non-hydrogen) atoms. The summed E-state index contributed by atoms with van der Waals surface area (Å²) in [5.74, 6) is 0.750. The van der Waals surface area contributed by atoms with Crippen molar-refractivity contribution in [3.05, 3.63) is 90.7 Å². The third-order valence-electron chi connectivity index (χ3n) is 4.97. The molecule has 3 aromatic rings. The molecule has 1 fully saturated rings. The van der Waals surface area contributed by atoms with Gasteiger partial charge in [0.1, 0.15) is 6.61 Å². The fourth-order valence-electron chi connectivity index (χ4n) is 3.26. The van der Waals surface area contributed by atoms with E-state index in [1.165, 1.54) is 11.8 Å². The molecule has 0 spiro atoms. The molecule has 0 atom stereocenters. The maximum atomic E-state index is 12.6. The molecule has 4 rings (SSSR count). The number of carbonyl (C=O) groups excluding carboxylic acids is 1. The predicted octanol–water partition coefficient (Wildman–Crippen LogP) is 7.50. The summed E-state index contributed by atoms with van der Waals surface area (Å²) in [6.45, 7) is 2.51. The maximum absolute atomic E-state index is 12.6. The number of halogens is 3. The Bertz CT molecular complexity index is 1440. The van der Waals surface area contributed by atoms with Crippen molar-refractivity contribution in [2.45, 2.75) is 13.5 Å². The van der Waals surface area contributed by atoms with Gasteiger partial charge in [0.05, 0.1) is 38.9 Å². The van der Waals surface area contributed by atoms with Gasteiger partial charge >= 0.3 is 0 Å². The number of ether oxygens (including phenoxy) is 2. The van der Waals surface area contributed by atoms with Crippen LogP contribution in [0.1, 0.15) is 23.6 Å². The lowest BCUT2D eigenvalue weighted by Gasteiger charge is -2.14. The number of carbonyl (C=O) groups is 1. The lowest BCUT2D eigenvalue weighted by atomic mass is 10.1. The fourth-order valence-corrected chi connectivity index (χ4v) is 4.86. The van der Waals surface area contributed by atoms with E-state index in [1.54, 1.807) is 42.5 Å². The highest BCUT2D eigenvalue weighted by atomic mass is 79.9. The minimum atomic E-state index is -0.282. The first-order chi connectivity index (χ1) is 17.4. The molecule has 0 aromatic heterocycles. The Kier molecular flexibility index (Phi) is 8.60. The lowest BCUT2D eigenvalue weighted by molar-refractivity contribution is -0.115. The zero-order valence-electron chi connectivity index (χ0n) is 18.8. The number of hydrogen-bond donors (Lipinski definition) is 1. The van der Waals surface area contributed by atoms with Crippen molar-refractivity contribution in [3.8, 4) is 17.6 Å². The van der Waals surface area contributed by atoms with Crippen LogP contribution in [0.25, 0.3) is 6.08 Å². The number of amidine groups is 1. The van der Waals surface area contributed by atoms with E-state index in [0.29, 0.717) is 53.9 Å². The molecule has 1 aliphatic rings. The summed E-state index contributed by atoms with van der Waals surface area (Å²) >= 11 is 17.0. The third kappa shape index (κ3) is 6.05. The molecule has 1 saturated heterocycles. The van der Waals surface area contributed by atoms with E-state index in [2.05, 4.69) is 32.3 Å². The van der Waals surface area contributed by atoms with Gasteiger partial charge in [0.15, 0.2) is 16.7 Å². The average Bonchev–Trinajstić information content (AvgIpc) is 3.21. The van der Waals surface area contributed by atoms with Crippen LogP contribution in [0, 0.1) is 11.3 Å². The van der Waals surface area contributed by atoms with Crippen LogP contribution < -0.4 is 14.8 Å². The molecule has 0 bridgehead atoms. The number of benzene rings is 3. The topological polar surface area (TPSA) is 83.7 Å². The summed E-state index contributed by atoms with van der Waals surface area (Å²) in [6.07, 6.45) is 1.74. The molecule has 0 saturated carbocycles. The number of nitrogens with zero attached hydrogens (tertiary/aromatic N) is 2. The van der Waals surface area contributed by atoms with Crippen LogP contribution in [0.4, 0.5) is 5.69 Å². The monoisotopic (exact) mass is 601 g/mol. The molecule has 3 aromatic carbocycles. The summed E-state index contributed by atoms with van der Waals surface area (Å²) in [5.41, 5.74) is 2.52. The highest BCUT2D eigenvalue weighted by molar-refractivity contribution is 9.10. The van der Waals surface area contributed by atoms with Crippen molar-refractivity contribution in [2.24, 2.45) is 4.99 Å². The maximum Gasteiger partial charge on any atom is 0.264 e. The molecule has 0 radical (unpaired) electrons. The van der Waals surface area contributed by atoms with Crippen LogP contribution in [0.5, 0.6) is 11.5 Å². The van der Waals surface area contributed by atoms with Gasteiger partial charge in [-0.3, -0.25) is 4.79 Å². The summed E-state index contributed by atoms with van der Waals surface area (Å²) in [5, 5.41) is 13.2. The smallest absolute Gasteiger partial charge is 0.264 e. The summed E-state index contributed by atoms with van der Waals surface area (Å²) in [4.78, 5) is 17.5. The minimum Gasteiger partial charge on any atom is -0.490 e. The normalized spacial score (nSPS) is 15.1.